The van der Waals surface area contributed by atoms with Crippen LogP contribution in [-0.2, 0) is 20.5 Å². The topological polar surface area (TPSA) is 27.7 Å². The molecule has 4 heteroatoms. The molecule has 0 aliphatic rings. The van der Waals surface area contributed by atoms with Crippen molar-refractivity contribution in [1.82, 2.24) is 0 Å². The molecule has 0 bridgehead atoms. The van der Waals surface area contributed by atoms with E-state index >= 15 is 0 Å². The number of terminal acetylenes is 2. The molecular formula is C22H32O3Si. The SMILES string of the molecule is C#CC[C@H](C[C@@H](C#C)O[Si](C)(C)C(C)(C)C)OCOCc1ccccc1. The zero-order valence-electron chi connectivity index (χ0n) is 16.7. The average molecular weight is 373 g/mol. The summed E-state index contributed by atoms with van der Waals surface area (Å²) in [6.45, 7) is 11.6. The van der Waals surface area contributed by atoms with Crippen molar-refractivity contribution in [2.45, 2.75) is 70.6 Å². The molecule has 26 heavy (non-hydrogen) atoms. The van der Waals surface area contributed by atoms with E-state index in [1.54, 1.807) is 0 Å². The van der Waals surface area contributed by atoms with Crippen LogP contribution in [0.3, 0.4) is 0 Å². The maximum absolute atomic E-state index is 6.32. The summed E-state index contributed by atoms with van der Waals surface area (Å²) in [7, 11) is -1.94. The molecule has 0 heterocycles. The van der Waals surface area contributed by atoms with Crippen LogP contribution in [-0.4, -0.2) is 27.3 Å². The fraction of sp³-hybridized carbons (Fsp3) is 0.545. The van der Waals surface area contributed by atoms with Gasteiger partial charge in [0.2, 0.25) is 0 Å². The molecule has 0 aromatic heterocycles. The predicted molar refractivity (Wildman–Crippen MR) is 110 cm³/mol. The number of rotatable bonds is 10. The van der Waals surface area contributed by atoms with E-state index in [2.05, 4.69) is 45.7 Å². The van der Waals surface area contributed by atoms with Gasteiger partial charge < -0.3 is 13.9 Å². The highest BCUT2D eigenvalue weighted by atomic mass is 28.4. The van der Waals surface area contributed by atoms with Crippen molar-refractivity contribution in [3.05, 3.63) is 35.9 Å². The Bertz CT molecular complexity index is 605. The first-order chi connectivity index (χ1) is 12.2. The van der Waals surface area contributed by atoms with Crippen LogP contribution < -0.4 is 0 Å². The van der Waals surface area contributed by atoms with Gasteiger partial charge in [-0.1, -0.05) is 57.0 Å². The summed E-state index contributed by atoms with van der Waals surface area (Å²) in [5.41, 5.74) is 1.10. The Labute approximate surface area is 160 Å². The van der Waals surface area contributed by atoms with Gasteiger partial charge in [-0.05, 0) is 23.7 Å². The summed E-state index contributed by atoms with van der Waals surface area (Å²) in [6, 6.07) is 9.97. The van der Waals surface area contributed by atoms with Gasteiger partial charge in [0.15, 0.2) is 8.32 Å². The van der Waals surface area contributed by atoms with Gasteiger partial charge in [0, 0.05) is 12.8 Å². The molecular weight excluding hydrogens is 340 g/mol. The van der Waals surface area contributed by atoms with Crippen molar-refractivity contribution in [1.29, 1.82) is 0 Å². The summed E-state index contributed by atoms with van der Waals surface area (Å²) in [5.74, 6) is 5.41. The second kappa shape index (κ2) is 10.6. The summed E-state index contributed by atoms with van der Waals surface area (Å²) < 4.78 is 17.7. The minimum Gasteiger partial charge on any atom is -0.403 e. The monoisotopic (exact) mass is 372 g/mol. The number of hydrogen-bond acceptors (Lipinski definition) is 3. The van der Waals surface area contributed by atoms with Crippen molar-refractivity contribution in [2.75, 3.05) is 6.79 Å². The molecule has 0 fully saturated rings. The zero-order valence-corrected chi connectivity index (χ0v) is 17.7. The highest BCUT2D eigenvalue weighted by Crippen LogP contribution is 2.37. The normalized spacial score (nSPS) is 14.3. The van der Waals surface area contributed by atoms with E-state index in [4.69, 9.17) is 26.7 Å². The van der Waals surface area contributed by atoms with Crippen molar-refractivity contribution in [2.24, 2.45) is 0 Å². The first kappa shape index (κ1) is 22.5. The highest BCUT2D eigenvalue weighted by Gasteiger charge is 2.39. The minimum absolute atomic E-state index is 0.101. The molecule has 1 aromatic carbocycles. The standard InChI is InChI=1S/C22H32O3Si/c1-8-13-21(24-18-23-17-19-14-11-10-12-15-19)16-20(9-2)25-26(6,7)22(3,4)5/h1-2,10-12,14-15,20-21H,13,16-18H2,3-7H3/t20-,21-/m1/s1. The summed E-state index contributed by atoms with van der Waals surface area (Å²) in [5, 5.41) is 0.101. The van der Waals surface area contributed by atoms with E-state index in [1.807, 2.05) is 30.3 Å². The molecule has 0 spiro atoms. The Kier molecular flexibility index (Phi) is 9.12. The van der Waals surface area contributed by atoms with E-state index in [1.165, 1.54) is 0 Å². The largest absolute Gasteiger partial charge is 0.403 e. The smallest absolute Gasteiger partial charge is 0.193 e. The Balaban J connectivity index is 2.52. The maximum atomic E-state index is 6.32. The lowest BCUT2D eigenvalue weighted by atomic mass is 10.1. The van der Waals surface area contributed by atoms with Gasteiger partial charge in [-0.2, -0.15) is 0 Å². The third-order valence-electron chi connectivity index (χ3n) is 4.75. The Morgan fingerprint density at radius 1 is 1.12 bits per heavy atom. The Morgan fingerprint density at radius 3 is 2.31 bits per heavy atom. The van der Waals surface area contributed by atoms with Crippen LogP contribution in [0.1, 0.15) is 39.2 Å². The van der Waals surface area contributed by atoms with Crippen molar-refractivity contribution < 1.29 is 13.9 Å². The fourth-order valence-electron chi connectivity index (χ4n) is 2.14. The van der Waals surface area contributed by atoms with Gasteiger partial charge in [-0.15, -0.1) is 18.8 Å². The predicted octanol–water partition coefficient (Wildman–Crippen LogP) is 4.98. The van der Waals surface area contributed by atoms with Crippen LogP contribution in [0.15, 0.2) is 30.3 Å². The van der Waals surface area contributed by atoms with E-state index in [-0.39, 0.29) is 24.0 Å². The van der Waals surface area contributed by atoms with Crippen LogP contribution in [0.2, 0.25) is 18.1 Å². The minimum atomic E-state index is -1.94. The molecule has 0 N–H and O–H groups in total. The van der Waals surface area contributed by atoms with E-state index < -0.39 is 8.32 Å². The van der Waals surface area contributed by atoms with Crippen LogP contribution in [0, 0.1) is 24.7 Å². The van der Waals surface area contributed by atoms with Crippen molar-refractivity contribution in [3.8, 4) is 24.7 Å². The number of benzene rings is 1. The quantitative estimate of drug-likeness (QED) is 0.251. The number of hydrogen-bond donors (Lipinski definition) is 0. The third-order valence-corrected chi connectivity index (χ3v) is 9.24. The van der Waals surface area contributed by atoms with Crippen LogP contribution in [0.25, 0.3) is 0 Å². The van der Waals surface area contributed by atoms with Gasteiger partial charge in [-0.25, -0.2) is 0 Å². The summed E-state index contributed by atoms with van der Waals surface area (Å²) in [6.07, 6.45) is 11.8. The molecule has 0 unspecified atom stereocenters. The molecule has 3 nitrogen and oxygen atoms in total. The molecule has 0 aliphatic carbocycles. The molecule has 2 atom stereocenters. The first-order valence-corrected chi connectivity index (χ1v) is 11.9. The van der Waals surface area contributed by atoms with Crippen LogP contribution >= 0.6 is 0 Å². The van der Waals surface area contributed by atoms with E-state index in [9.17, 15) is 0 Å². The lowest BCUT2D eigenvalue weighted by Crippen LogP contribution is -2.44. The molecule has 0 radical (unpaired) electrons. The maximum Gasteiger partial charge on any atom is 0.193 e. The molecule has 142 valence electrons. The molecule has 1 aromatic rings. The number of ether oxygens (including phenoxy) is 2. The molecule has 1 rings (SSSR count). The Hall–Kier alpha value is -1.56. The van der Waals surface area contributed by atoms with E-state index in [0.29, 0.717) is 19.4 Å². The average Bonchev–Trinajstić information content (AvgIpc) is 2.57. The van der Waals surface area contributed by atoms with Crippen LogP contribution in [0.5, 0.6) is 0 Å². The van der Waals surface area contributed by atoms with Crippen LogP contribution in [0.4, 0.5) is 0 Å². The molecule has 0 amide bonds. The van der Waals surface area contributed by atoms with E-state index in [0.717, 1.165) is 5.56 Å². The fourth-order valence-corrected chi connectivity index (χ4v) is 3.37. The van der Waals surface area contributed by atoms with Crippen molar-refractivity contribution >= 4 is 8.32 Å². The second-order valence-corrected chi connectivity index (χ2v) is 12.7. The lowest BCUT2D eigenvalue weighted by molar-refractivity contribution is -0.101. The van der Waals surface area contributed by atoms with Gasteiger partial charge in [0.05, 0.1) is 12.7 Å². The van der Waals surface area contributed by atoms with Gasteiger partial charge in [0.25, 0.3) is 0 Å². The lowest BCUT2D eigenvalue weighted by Gasteiger charge is -2.38. The second-order valence-electron chi connectivity index (χ2n) is 7.92. The van der Waals surface area contributed by atoms with Gasteiger partial charge >= 0.3 is 0 Å². The zero-order chi connectivity index (χ0) is 19.6. The van der Waals surface area contributed by atoms with Gasteiger partial charge in [0.1, 0.15) is 12.9 Å². The summed E-state index contributed by atoms with van der Waals surface area (Å²) in [4.78, 5) is 0. The van der Waals surface area contributed by atoms with Crippen molar-refractivity contribution in [3.63, 3.8) is 0 Å². The molecule has 0 aliphatic heterocycles. The molecule has 0 saturated heterocycles. The van der Waals surface area contributed by atoms with Gasteiger partial charge in [-0.3, -0.25) is 0 Å². The Morgan fingerprint density at radius 2 is 1.77 bits per heavy atom. The summed E-state index contributed by atoms with van der Waals surface area (Å²) >= 11 is 0. The third kappa shape index (κ3) is 7.77. The highest BCUT2D eigenvalue weighted by molar-refractivity contribution is 6.74. The molecule has 0 saturated carbocycles. The first-order valence-electron chi connectivity index (χ1n) is 9.00.